The number of hydrogen-bond acceptors (Lipinski definition) is 6. The van der Waals surface area contributed by atoms with Crippen LogP contribution in [0.3, 0.4) is 0 Å². The van der Waals surface area contributed by atoms with Gasteiger partial charge in [-0.25, -0.2) is 30.0 Å². The predicted octanol–water partition coefficient (Wildman–Crippen LogP) is 5.88. The summed E-state index contributed by atoms with van der Waals surface area (Å²) in [6.07, 6.45) is 1.36. The normalized spacial score (nSPS) is 16.3. The molecule has 1 atom stereocenters. The van der Waals surface area contributed by atoms with Crippen LogP contribution >= 0.6 is 0 Å². The van der Waals surface area contributed by atoms with E-state index in [9.17, 15) is 26.0 Å². The van der Waals surface area contributed by atoms with Crippen molar-refractivity contribution in [3.8, 4) is 0 Å². The monoisotopic (exact) mass is 598 g/mol. The number of fused-ring (bicyclic) bond motifs is 1. The third-order valence-electron chi connectivity index (χ3n) is 7.12. The lowest BCUT2D eigenvalue weighted by molar-refractivity contribution is 0.0292. The maximum absolute atomic E-state index is 14.3. The summed E-state index contributed by atoms with van der Waals surface area (Å²) < 4.78 is 75.4. The Labute approximate surface area is 239 Å². The zero-order valence-electron chi connectivity index (χ0n) is 23.2. The van der Waals surface area contributed by atoms with Crippen LogP contribution in [0.4, 0.5) is 9.18 Å². The Morgan fingerprint density at radius 1 is 0.951 bits per heavy atom. The van der Waals surface area contributed by atoms with Gasteiger partial charge in [0, 0.05) is 30.6 Å². The highest BCUT2D eigenvalue weighted by Crippen LogP contribution is 2.36. The van der Waals surface area contributed by atoms with Crippen molar-refractivity contribution in [2.45, 2.75) is 60.3 Å². The zero-order chi connectivity index (χ0) is 29.7. The molecule has 11 heteroatoms. The summed E-state index contributed by atoms with van der Waals surface area (Å²) in [6.45, 7) is 8.21. The molecule has 0 spiro atoms. The minimum absolute atomic E-state index is 0.00583. The van der Waals surface area contributed by atoms with E-state index in [0.717, 1.165) is 27.9 Å². The fraction of sp³-hybridized carbons (Fsp3) is 0.300. The second kappa shape index (κ2) is 10.3. The number of sulfone groups is 1. The summed E-state index contributed by atoms with van der Waals surface area (Å²) in [4.78, 5) is 13.8. The highest BCUT2D eigenvalue weighted by atomic mass is 32.2. The van der Waals surface area contributed by atoms with E-state index in [1.54, 1.807) is 36.1 Å². The van der Waals surface area contributed by atoms with Crippen molar-refractivity contribution in [3.63, 3.8) is 0 Å². The molecule has 1 aliphatic heterocycles. The van der Waals surface area contributed by atoms with Crippen LogP contribution in [-0.2, 0) is 24.6 Å². The molecule has 1 aromatic heterocycles. The smallest absolute Gasteiger partial charge is 0.410 e. The fourth-order valence-corrected chi connectivity index (χ4v) is 8.16. The van der Waals surface area contributed by atoms with Crippen LogP contribution in [-0.4, -0.2) is 50.5 Å². The lowest BCUT2D eigenvalue weighted by Gasteiger charge is -2.24. The van der Waals surface area contributed by atoms with Crippen LogP contribution in [0, 0.1) is 12.7 Å². The van der Waals surface area contributed by atoms with Gasteiger partial charge in [-0.1, -0.05) is 24.3 Å². The zero-order valence-corrected chi connectivity index (χ0v) is 24.8. The molecule has 4 aromatic rings. The number of ether oxygens (including phenoxy) is 1. The Morgan fingerprint density at radius 2 is 1.66 bits per heavy atom. The molecule has 1 unspecified atom stereocenters. The number of likely N-dealkylation sites (tertiary alicyclic amines) is 1. The number of amides is 1. The predicted molar refractivity (Wildman–Crippen MR) is 153 cm³/mol. The van der Waals surface area contributed by atoms with Crippen molar-refractivity contribution >= 4 is 36.9 Å². The Kier molecular flexibility index (Phi) is 7.23. The van der Waals surface area contributed by atoms with Crippen LogP contribution in [0.5, 0.6) is 0 Å². The van der Waals surface area contributed by atoms with Gasteiger partial charge < -0.3 is 9.64 Å². The number of aromatic nitrogens is 1. The number of carbonyl (C=O) groups is 1. The van der Waals surface area contributed by atoms with Gasteiger partial charge in [0.2, 0.25) is 9.84 Å². The van der Waals surface area contributed by atoms with Crippen molar-refractivity contribution in [3.05, 3.63) is 89.9 Å². The SMILES string of the molecule is Cc1cc(S(=O)(=O)c2cn(S(=O)(=O)c3ccccc3)c3ccc(F)cc23)ccc1C1CCN(C(=O)OC(C)(C)C)C1. The molecule has 0 N–H and O–H groups in total. The summed E-state index contributed by atoms with van der Waals surface area (Å²) >= 11 is 0. The van der Waals surface area contributed by atoms with Gasteiger partial charge in [0.15, 0.2) is 0 Å². The van der Waals surface area contributed by atoms with Crippen molar-refractivity contribution in [1.29, 1.82) is 0 Å². The standard InChI is InChI=1S/C30H31FN2O6S2/c1-20-16-24(11-12-25(20)21-14-15-32(18-21)29(34)39-30(2,3)4)40(35,36)28-19-33(27-13-10-22(31)17-26(27)28)41(37,38)23-8-6-5-7-9-23/h5-13,16-17,19,21H,14-15,18H2,1-4H3. The summed E-state index contributed by atoms with van der Waals surface area (Å²) in [7, 11) is -8.41. The van der Waals surface area contributed by atoms with Gasteiger partial charge >= 0.3 is 6.09 Å². The van der Waals surface area contributed by atoms with Crippen LogP contribution in [0.25, 0.3) is 10.9 Å². The van der Waals surface area contributed by atoms with Crippen molar-refractivity contribution in [2.24, 2.45) is 0 Å². The second-order valence-electron chi connectivity index (χ2n) is 11.2. The maximum Gasteiger partial charge on any atom is 0.410 e. The van der Waals surface area contributed by atoms with E-state index in [1.807, 2.05) is 20.8 Å². The molecule has 0 radical (unpaired) electrons. The molecule has 5 rings (SSSR count). The van der Waals surface area contributed by atoms with Gasteiger partial charge in [0.1, 0.15) is 11.4 Å². The molecule has 8 nitrogen and oxygen atoms in total. The number of halogens is 1. The Hall–Kier alpha value is -3.70. The van der Waals surface area contributed by atoms with Gasteiger partial charge in [-0.15, -0.1) is 0 Å². The van der Waals surface area contributed by atoms with Crippen LogP contribution < -0.4 is 0 Å². The van der Waals surface area contributed by atoms with Gasteiger partial charge in [-0.2, -0.15) is 0 Å². The Bertz CT molecular complexity index is 1860. The van der Waals surface area contributed by atoms with E-state index in [4.69, 9.17) is 4.74 Å². The van der Waals surface area contributed by atoms with Crippen molar-refractivity contribution in [1.82, 2.24) is 8.87 Å². The summed E-state index contributed by atoms with van der Waals surface area (Å²) in [5.41, 5.74) is 1.08. The van der Waals surface area contributed by atoms with Gasteiger partial charge in [0.05, 0.1) is 20.2 Å². The molecular formula is C30H31FN2O6S2. The first kappa shape index (κ1) is 28.8. The van der Waals surface area contributed by atoms with Gasteiger partial charge in [-0.05, 0) is 87.7 Å². The first-order chi connectivity index (χ1) is 19.2. The van der Waals surface area contributed by atoms with E-state index in [1.165, 1.54) is 30.3 Å². The average molecular weight is 599 g/mol. The molecule has 1 amide bonds. The first-order valence-electron chi connectivity index (χ1n) is 13.1. The number of nitrogens with zero attached hydrogens (tertiary/aromatic N) is 2. The second-order valence-corrected chi connectivity index (χ2v) is 14.9. The Morgan fingerprint density at radius 3 is 2.32 bits per heavy atom. The van der Waals surface area contributed by atoms with E-state index < -0.39 is 31.3 Å². The van der Waals surface area contributed by atoms with E-state index in [-0.39, 0.29) is 37.6 Å². The maximum atomic E-state index is 14.3. The largest absolute Gasteiger partial charge is 0.444 e. The third-order valence-corrected chi connectivity index (χ3v) is 10.6. The first-order valence-corrected chi connectivity index (χ1v) is 16.1. The molecule has 1 aliphatic rings. The molecule has 3 aromatic carbocycles. The minimum atomic E-state index is -4.25. The topological polar surface area (TPSA) is 103 Å². The van der Waals surface area contributed by atoms with E-state index in [2.05, 4.69) is 0 Å². The highest BCUT2D eigenvalue weighted by Gasteiger charge is 2.33. The minimum Gasteiger partial charge on any atom is -0.444 e. The van der Waals surface area contributed by atoms with Crippen LogP contribution in [0.2, 0.25) is 0 Å². The molecule has 1 fully saturated rings. The van der Waals surface area contributed by atoms with Crippen LogP contribution in [0.15, 0.2) is 87.6 Å². The number of benzene rings is 3. The molecule has 0 bridgehead atoms. The molecule has 2 heterocycles. The molecule has 1 saturated heterocycles. The molecular weight excluding hydrogens is 567 g/mol. The van der Waals surface area contributed by atoms with E-state index >= 15 is 0 Å². The molecule has 216 valence electrons. The van der Waals surface area contributed by atoms with Crippen molar-refractivity contribution in [2.75, 3.05) is 13.1 Å². The highest BCUT2D eigenvalue weighted by molar-refractivity contribution is 7.92. The van der Waals surface area contributed by atoms with E-state index in [0.29, 0.717) is 25.1 Å². The van der Waals surface area contributed by atoms with Gasteiger partial charge in [0.25, 0.3) is 10.0 Å². The number of hydrogen-bond donors (Lipinski definition) is 0. The fourth-order valence-electron chi connectivity index (χ4n) is 5.17. The average Bonchev–Trinajstić information content (AvgIpc) is 3.54. The van der Waals surface area contributed by atoms with Gasteiger partial charge in [-0.3, -0.25) is 0 Å². The summed E-state index contributed by atoms with van der Waals surface area (Å²) in [5.74, 6) is -0.683. The quantitative estimate of drug-likeness (QED) is 0.284. The molecule has 0 saturated carbocycles. The summed E-state index contributed by atoms with van der Waals surface area (Å²) in [6, 6.07) is 15.8. The number of aryl methyl sites for hydroxylation is 1. The third kappa shape index (κ3) is 5.48. The number of carbonyl (C=O) groups excluding carboxylic acids is 1. The lowest BCUT2D eigenvalue weighted by atomic mass is 9.94. The van der Waals surface area contributed by atoms with Crippen LogP contribution in [0.1, 0.15) is 44.2 Å². The van der Waals surface area contributed by atoms with Crippen molar-refractivity contribution < 1.29 is 30.8 Å². The Balaban J connectivity index is 1.51. The molecule has 0 aliphatic carbocycles. The lowest BCUT2D eigenvalue weighted by Crippen LogP contribution is -2.35. The molecule has 41 heavy (non-hydrogen) atoms. The number of rotatable bonds is 5. The summed E-state index contributed by atoms with van der Waals surface area (Å²) in [5, 5.41) is -0.0324.